The van der Waals surface area contributed by atoms with Gasteiger partial charge in [-0.1, -0.05) is 19.1 Å². The van der Waals surface area contributed by atoms with Gasteiger partial charge in [0.15, 0.2) is 0 Å². The Balaban J connectivity index is 2.34. The lowest BCUT2D eigenvalue weighted by atomic mass is 10.1. The van der Waals surface area contributed by atoms with Gasteiger partial charge in [-0.25, -0.2) is 0 Å². The monoisotopic (exact) mass is 250 g/mol. The zero-order valence-corrected chi connectivity index (χ0v) is 11.9. The van der Waals surface area contributed by atoms with E-state index in [1.54, 1.807) is 7.11 Å². The van der Waals surface area contributed by atoms with Gasteiger partial charge in [0.05, 0.1) is 7.11 Å². The summed E-state index contributed by atoms with van der Waals surface area (Å²) in [6.07, 6.45) is 3.28. The van der Waals surface area contributed by atoms with Gasteiger partial charge >= 0.3 is 0 Å². The van der Waals surface area contributed by atoms with E-state index in [2.05, 4.69) is 35.8 Å². The Hall–Kier alpha value is -1.06. The van der Waals surface area contributed by atoms with Gasteiger partial charge in [-0.15, -0.1) is 0 Å². The summed E-state index contributed by atoms with van der Waals surface area (Å²) in [7, 11) is 3.72. The van der Waals surface area contributed by atoms with Crippen molar-refractivity contribution < 1.29 is 4.74 Å². The number of rotatable bonds is 9. The average molecular weight is 250 g/mol. The first-order chi connectivity index (χ1) is 8.81. The SMILES string of the molecule is CCc1cc(CCNCCCNC)ccc1OC. The molecule has 1 aromatic carbocycles. The molecular formula is C15H26N2O. The second kappa shape index (κ2) is 8.95. The summed E-state index contributed by atoms with van der Waals surface area (Å²) in [5.74, 6) is 1.00. The normalized spacial score (nSPS) is 10.6. The lowest BCUT2D eigenvalue weighted by molar-refractivity contribution is 0.410. The first kappa shape index (κ1) is 15.0. The Morgan fingerprint density at radius 2 is 2.00 bits per heavy atom. The minimum absolute atomic E-state index is 1.00. The van der Waals surface area contributed by atoms with Crippen molar-refractivity contribution in [2.24, 2.45) is 0 Å². The van der Waals surface area contributed by atoms with E-state index in [0.717, 1.165) is 38.2 Å². The molecule has 18 heavy (non-hydrogen) atoms. The molecule has 0 fully saturated rings. The summed E-state index contributed by atoms with van der Waals surface area (Å²) in [5, 5.41) is 6.61. The van der Waals surface area contributed by atoms with Crippen LogP contribution in [0.25, 0.3) is 0 Å². The van der Waals surface area contributed by atoms with E-state index in [0.29, 0.717) is 0 Å². The Labute approximate surface area is 111 Å². The van der Waals surface area contributed by atoms with Gasteiger partial charge in [0.1, 0.15) is 5.75 Å². The van der Waals surface area contributed by atoms with Crippen LogP contribution in [0.4, 0.5) is 0 Å². The Kier molecular flexibility index (Phi) is 7.46. The van der Waals surface area contributed by atoms with Crippen molar-refractivity contribution in [3.05, 3.63) is 29.3 Å². The van der Waals surface area contributed by atoms with Crippen molar-refractivity contribution in [3.63, 3.8) is 0 Å². The molecule has 0 amide bonds. The predicted molar refractivity (Wildman–Crippen MR) is 77.5 cm³/mol. The van der Waals surface area contributed by atoms with Crippen molar-refractivity contribution in [2.75, 3.05) is 33.8 Å². The third kappa shape index (κ3) is 5.07. The standard InChI is InChI=1S/C15H26N2O/c1-4-14-12-13(6-7-15(14)18-3)8-11-17-10-5-9-16-2/h6-7,12,16-17H,4-5,8-11H2,1-3H3. The molecule has 0 aliphatic heterocycles. The van der Waals surface area contributed by atoms with Gasteiger partial charge < -0.3 is 15.4 Å². The fourth-order valence-electron chi connectivity index (χ4n) is 2.01. The maximum atomic E-state index is 5.34. The molecule has 0 atom stereocenters. The molecule has 0 radical (unpaired) electrons. The molecule has 0 aromatic heterocycles. The van der Waals surface area contributed by atoms with Gasteiger partial charge in [0.25, 0.3) is 0 Å². The number of methoxy groups -OCH3 is 1. The number of hydrogen-bond acceptors (Lipinski definition) is 3. The zero-order chi connectivity index (χ0) is 13.2. The lowest BCUT2D eigenvalue weighted by Crippen LogP contribution is -2.21. The van der Waals surface area contributed by atoms with Crippen LogP contribution in [0.2, 0.25) is 0 Å². The molecule has 102 valence electrons. The van der Waals surface area contributed by atoms with Crippen molar-refractivity contribution in [1.29, 1.82) is 0 Å². The van der Waals surface area contributed by atoms with Crippen LogP contribution in [-0.4, -0.2) is 33.8 Å². The second-order valence-electron chi connectivity index (χ2n) is 4.46. The third-order valence-corrected chi connectivity index (χ3v) is 3.10. The third-order valence-electron chi connectivity index (χ3n) is 3.10. The number of hydrogen-bond donors (Lipinski definition) is 2. The van der Waals surface area contributed by atoms with Gasteiger partial charge in [0, 0.05) is 0 Å². The molecule has 0 saturated carbocycles. The number of nitrogens with one attached hydrogen (secondary N) is 2. The molecule has 3 heteroatoms. The van der Waals surface area contributed by atoms with Crippen LogP contribution in [0, 0.1) is 0 Å². The minimum Gasteiger partial charge on any atom is -0.496 e. The van der Waals surface area contributed by atoms with E-state index in [1.807, 2.05) is 7.05 Å². The highest BCUT2D eigenvalue weighted by molar-refractivity contribution is 5.37. The summed E-state index contributed by atoms with van der Waals surface area (Å²) >= 11 is 0. The molecule has 0 spiro atoms. The second-order valence-corrected chi connectivity index (χ2v) is 4.46. The molecule has 0 aliphatic carbocycles. The van der Waals surface area contributed by atoms with Crippen molar-refractivity contribution in [1.82, 2.24) is 10.6 Å². The maximum Gasteiger partial charge on any atom is 0.122 e. The van der Waals surface area contributed by atoms with Crippen LogP contribution in [0.1, 0.15) is 24.5 Å². The summed E-state index contributed by atoms with van der Waals surface area (Å²) in [4.78, 5) is 0. The van der Waals surface area contributed by atoms with Crippen LogP contribution in [0.5, 0.6) is 5.75 Å². The van der Waals surface area contributed by atoms with E-state index >= 15 is 0 Å². The quantitative estimate of drug-likeness (QED) is 0.658. The molecule has 0 heterocycles. The van der Waals surface area contributed by atoms with Crippen LogP contribution in [0.15, 0.2) is 18.2 Å². The molecule has 1 aromatic rings. The highest BCUT2D eigenvalue weighted by Crippen LogP contribution is 2.20. The fourth-order valence-corrected chi connectivity index (χ4v) is 2.01. The van der Waals surface area contributed by atoms with Gasteiger partial charge in [-0.05, 0) is 63.1 Å². The van der Waals surface area contributed by atoms with Gasteiger partial charge in [0.2, 0.25) is 0 Å². The van der Waals surface area contributed by atoms with Crippen LogP contribution in [-0.2, 0) is 12.8 Å². The molecule has 0 bridgehead atoms. The first-order valence-electron chi connectivity index (χ1n) is 6.83. The summed E-state index contributed by atoms with van der Waals surface area (Å²) < 4.78 is 5.34. The number of benzene rings is 1. The van der Waals surface area contributed by atoms with Gasteiger partial charge in [-0.2, -0.15) is 0 Å². The number of ether oxygens (including phenoxy) is 1. The van der Waals surface area contributed by atoms with E-state index < -0.39 is 0 Å². The summed E-state index contributed by atoms with van der Waals surface area (Å²) in [6, 6.07) is 6.50. The van der Waals surface area contributed by atoms with Crippen molar-refractivity contribution >= 4 is 0 Å². The zero-order valence-electron chi connectivity index (χ0n) is 11.9. The lowest BCUT2D eigenvalue weighted by Gasteiger charge is -2.10. The molecular weight excluding hydrogens is 224 g/mol. The topological polar surface area (TPSA) is 33.3 Å². The van der Waals surface area contributed by atoms with E-state index in [1.165, 1.54) is 17.5 Å². The molecule has 3 nitrogen and oxygen atoms in total. The Bertz CT molecular complexity index is 339. The van der Waals surface area contributed by atoms with E-state index in [-0.39, 0.29) is 0 Å². The Morgan fingerprint density at radius 3 is 2.67 bits per heavy atom. The maximum absolute atomic E-state index is 5.34. The highest BCUT2D eigenvalue weighted by Gasteiger charge is 2.02. The summed E-state index contributed by atoms with van der Waals surface area (Å²) in [5.41, 5.74) is 2.68. The molecule has 0 unspecified atom stereocenters. The van der Waals surface area contributed by atoms with Crippen LogP contribution in [0.3, 0.4) is 0 Å². The largest absolute Gasteiger partial charge is 0.496 e. The molecule has 2 N–H and O–H groups in total. The number of aryl methyl sites for hydroxylation is 1. The Morgan fingerprint density at radius 1 is 1.17 bits per heavy atom. The van der Waals surface area contributed by atoms with Crippen molar-refractivity contribution in [2.45, 2.75) is 26.2 Å². The molecule has 0 saturated heterocycles. The molecule has 1 rings (SSSR count). The van der Waals surface area contributed by atoms with Crippen molar-refractivity contribution in [3.8, 4) is 5.75 Å². The molecule has 0 aliphatic rings. The van der Waals surface area contributed by atoms with E-state index in [9.17, 15) is 0 Å². The predicted octanol–water partition coefficient (Wildman–Crippen LogP) is 2.00. The van der Waals surface area contributed by atoms with Gasteiger partial charge in [-0.3, -0.25) is 0 Å². The summed E-state index contributed by atoms with van der Waals surface area (Å²) in [6.45, 7) is 5.37. The minimum atomic E-state index is 1.00. The van der Waals surface area contributed by atoms with E-state index in [4.69, 9.17) is 4.74 Å². The van der Waals surface area contributed by atoms with Crippen LogP contribution >= 0.6 is 0 Å². The van der Waals surface area contributed by atoms with Crippen LogP contribution < -0.4 is 15.4 Å². The first-order valence-corrected chi connectivity index (χ1v) is 6.83. The highest BCUT2D eigenvalue weighted by atomic mass is 16.5. The smallest absolute Gasteiger partial charge is 0.122 e. The fraction of sp³-hybridized carbons (Fsp3) is 0.600. The average Bonchev–Trinajstić information content (AvgIpc) is 2.42.